The quantitative estimate of drug-likeness (QED) is 0.611. The van der Waals surface area contributed by atoms with Crippen LogP contribution in [0.3, 0.4) is 0 Å². The highest BCUT2D eigenvalue weighted by Crippen LogP contribution is 2.22. The lowest BCUT2D eigenvalue weighted by Gasteiger charge is -2.02. The Morgan fingerprint density at radius 1 is 1.05 bits per heavy atom. The molecule has 1 heterocycles. The summed E-state index contributed by atoms with van der Waals surface area (Å²) in [5.41, 5.74) is 0.781. The molecule has 0 bridgehead atoms. The van der Waals surface area contributed by atoms with Gasteiger partial charge in [-0.05, 0) is 38.8 Å². The van der Waals surface area contributed by atoms with E-state index in [1.807, 2.05) is 47.8 Å². The fraction of sp³-hybridized carbons (Fsp3) is 0.0625. The first-order chi connectivity index (χ1) is 9.22. The maximum Gasteiger partial charge on any atom is 0.168 e. The van der Waals surface area contributed by atoms with Crippen molar-refractivity contribution in [2.24, 2.45) is 0 Å². The average molecular weight is 331 g/mol. The molecule has 0 spiro atoms. The molecule has 3 heteroatoms. The van der Waals surface area contributed by atoms with Crippen molar-refractivity contribution in [2.75, 3.05) is 0 Å². The molecule has 2 aromatic carbocycles. The Bertz CT molecular complexity index is 745. The van der Waals surface area contributed by atoms with E-state index in [2.05, 4.69) is 22.0 Å². The van der Waals surface area contributed by atoms with Crippen molar-refractivity contribution in [1.29, 1.82) is 0 Å². The summed E-state index contributed by atoms with van der Waals surface area (Å²) >= 11 is 5.02. The smallest absolute Gasteiger partial charge is 0.168 e. The fourth-order valence-corrected chi connectivity index (χ4v) is 3.52. The van der Waals surface area contributed by atoms with Crippen LogP contribution in [0.4, 0.5) is 0 Å². The number of carbonyl (C=O) groups excluding carboxylic acids is 1. The van der Waals surface area contributed by atoms with Gasteiger partial charge in [0.15, 0.2) is 5.78 Å². The first-order valence-electron chi connectivity index (χ1n) is 5.97. The number of halogens is 1. The van der Waals surface area contributed by atoms with Gasteiger partial charge in [-0.3, -0.25) is 4.79 Å². The molecule has 0 aliphatic carbocycles. The van der Waals surface area contributed by atoms with Gasteiger partial charge in [0.25, 0.3) is 0 Å². The van der Waals surface area contributed by atoms with Crippen molar-refractivity contribution < 1.29 is 4.79 Å². The third-order valence-corrected chi connectivity index (χ3v) is 4.73. The van der Waals surface area contributed by atoms with Crippen molar-refractivity contribution >= 4 is 43.8 Å². The number of carbonyl (C=O) groups is 1. The summed E-state index contributed by atoms with van der Waals surface area (Å²) in [6, 6.07) is 16.0. The molecule has 0 unspecified atom stereocenters. The molecule has 0 atom stereocenters. The minimum atomic E-state index is 0.167. The molecule has 94 valence electrons. The SMILES string of the molecule is O=C(Cc1cc(Br)cs1)c1ccc2ccccc2c1. The van der Waals surface area contributed by atoms with Crippen LogP contribution in [0.25, 0.3) is 10.8 Å². The van der Waals surface area contributed by atoms with Crippen LogP contribution in [0, 0.1) is 0 Å². The Morgan fingerprint density at radius 2 is 1.84 bits per heavy atom. The zero-order valence-electron chi connectivity index (χ0n) is 10.1. The average Bonchev–Trinajstić information content (AvgIpc) is 2.83. The van der Waals surface area contributed by atoms with Crippen molar-refractivity contribution in [3.63, 3.8) is 0 Å². The van der Waals surface area contributed by atoms with Crippen LogP contribution in [-0.2, 0) is 6.42 Å². The van der Waals surface area contributed by atoms with E-state index in [1.54, 1.807) is 11.3 Å². The molecule has 0 aliphatic heterocycles. The molecule has 0 saturated heterocycles. The normalized spacial score (nSPS) is 10.8. The Hall–Kier alpha value is -1.45. The lowest BCUT2D eigenvalue weighted by Crippen LogP contribution is -2.01. The number of hydrogen-bond acceptors (Lipinski definition) is 2. The second kappa shape index (κ2) is 5.27. The van der Waals surface area contributed by atoms with E-state index in [0.29, 0.717) is 6.42 Å². The van der Waals surface area contributed by atoms with Crippen LogP contribution in [0.5, 0.6) is 0 Å². The van der Waals surface area contributed by atoms with E-state index in [4.69, 9.17) is 0 Å². The van der Waals surface area contributed by atoms with Gasteiger partial charge in [0.05, 0.1) is 0 Å². The molecule has 0 aliphatic rings. The predicted octanol–water partition coefficient (Wildman–Crippen LogP) is 5.09. The van der Waals surface area contributed by atoms with Gasteiger partial charge in [-0.1, -0.05) is 36.4 Å². The zero-order chi connectivity index (χ0) is 13.2. The van der Waals surface area contributed by atoms with Gasteiger partial charge in [-0.25, -0.2) is 0 Å². The number of Topliss-reactive ketones (excluding diaryl/α,β-unsaturated/α-hetero) is 1. The molecule has 0 amide bonds. The Morgan fingerprint density at radius 3 is 2.58 bits per heavy atom. The van der Waals surface area contributed by atoms with Crippen LogP contribution in [0.15, 0.2) is 58.4 Å². The van der Waals surface area contributed by atoms with Crippen LogP contribution >= 0.6 is 27.3 Å². The number of thiophene rings is 1. The number of fused-ring (bicyclic) bond motifs is 1. The summed E-state index contributed by atoms with van der Waals surface area (Å²) in [4.78, 5) is 13.3. The number of rotatable bonds is 3. The standard InChI is InChI=1S/C16H11BrOS/c17-14-8-15(19-10-14)9-16(18)13-6-5-11-3-1-2-4-12(11)7-13/h1-8,10H,9H2. The summed E-state index contributed by atoms with van der Waals surface area (Å²) in [6.07, 6.45) is 0.467. The van der Waals surface area contributed by atoms with Crippen LogP contribution in [0.1, 0.15) is 15.2 Å². The minimum absolute atomic E-state index is 0.167. The summed E-state index contributed by atoms with van der Waals surface area (Å²) in [5.74, 6) is 0.167. The topological polar surface area (TPSA) is 17.1 Å². The highest BCUT2D eigenvalue weighted by molar-refractivity contribution is 9.10. The predicted molar refractivity (Wildman–Crippen MR) is 84.0 cm³/mol. The Balaban J connectivity index is 1.89. The molecule has 0 radical (unpaired) electrons. The maximum atomic E-state index is 12.3. The second-order valence-electron chi connectivity index (χ2n) is 4.39. The molecule has 0 fully saturated rings. The fourth-order valence-electron chi connectivity index (χ4n) is 2.07. The maximum absolute atomic E-state index is 12.3. The number of ketones is 1. The second-order valence-corrected chi connectivity index (χ2v) is 6.30. The molecule has 0 N–H and O–H groups in total. The largest absolute Gasteiger partial charge is 0.294 e. The Labute approximate surface area is 124 Å². The summed E-state index contributed by atoms with van der Waals surface area (Å²) < 4.78 is 1.04. The molecular formula is C16H11BrOS. The van der Waals surface area contributed by atoms with Gasteiger partial charge in [0.2, 0.25) is 0 Å². The monoisotopic (exact) mass is 330 g/mol. The van der Waals surface area contributed by atoms with Gasteiger partial charge in [0.1, 0.15) is 0 Å². The lowest BCUT2D eigenvalue weighted by molar-refractivity contribution is 0.0994. The van der Waals surface area contributed by atoms with Crippen LogP contribution < -0.4 is 0 Å². The molecule has 19 heavy (non-hydrogen) atoms. The van der Waals surface area contributed by atoms with E-state index in [1.165, 1.54) is 0 Å². The summed E-state index contributed by atoms with van der Waals surface area (Å²) in [6.45, 7) is 0. The molecular weight excluding hydrogens is 320 g/mol. The van der Waals surface area contributed by atoms with Gasteiger partial charge in [-0.15, -0.1) is 11.3 Å². The van der Waals surface area contributed by atoms with Crippen molar-refractivity contribution in [3.8, 4) is 0 Å². The van der Waals surface area contributed by atoms with Gasteiger partial charge >= 0.3 is 0 Å². The third-order valence-electron chi connectivity index (χ3n) is 3.03. The Kier molecular flexibility index (Phi) is 3.49. The van der Waals surface area contributed by atoms with E-state index >= 15 is 0 Å². The highest BCUT2D eigenvalue weighted by Gasteiger charge is 2.09. The van der Waals surface area contributed by atoms with Gasteiger partial charge in [-0.2, -0.15) is 0 Å². The number of hydrogen-bond donors (Lipinski definition) is 0. The van der Waals surface area contributed by atoms with Crippen LogP contribution in [-0.4, -0.2) is 5.78 Å². The van der Waals surface area contributed by atoms with E-state index in [-0.39, 0.29) is 5.78 Å². The lowest BCUT2D eigenvalue weighted by atomic mass is 10.0. The van der Waals surface area contributed by atoms with Crippen molar-refractivity contribution in [1.82, 2.24) is 0 Å². The van der Waals surface area contributed by atoms with Gasteiger partial charge in [0, 0.05) is 26.7 Å². The van der Waals surface area contributed by atoms with Crippen LogP contribution in [0.2, 0.25) is 0 Å². The van der Waals surface area contributed by atoms with Gasteiger partial charge < -0.3 is 0 Å². The zero-order valence-corrected chi connectivity index (χ0v) is 12.5. The van der Waals surface area contributed by atoms with E-state index in [0.717, 1.165) is 25.7 Å². The first kappa shape index (κ1) is 12.6. The van der Waals surface area contributed by atoms with E-state index in [9.17, 15) is 4.79 Å². The molecule has 3 aromatic rings. The van der Waals surface area contributed by atoms with E-state index < -0.39 is 0 Å². The summed E-state index contributed by atoms with van der Waals surface area (Å²) in [5, 5.41) is 4.28. The highest BCUT2D eigenvalue weighted by atomic mass is 79.9. The minimum Gasteiger partial charge on any atom is -0.294 e. The molecule has 1 nitrogen and oxygen atoms in total. The summed E-state index contributed by atoms with van der Waals surface area (Å²) in [7, 11) is 0. The molecule has 0 saturated carbocycles. The molecule has 3 rings (SSSR count). The molecule has 1 aromatic heterocycles. The van der Waals surface area contributed by atoms with Crippen molar-refractivity contribution in [3.05, 3.63) is 68.8 Å². The third kappa shape index (κ3) is 2.77. The van der Waals surface area contributed by atoms with Crippen molar-refractivity contribution in [2.45, 2.75) is 6.42 Å². The number of benzene rings is 2. The first-order valence-corrected chi connectivity index (χ1v) is 7.64.